The van der Waals surface area contributed by atoms with Gasteiger partial charge in [-0.3, -0.25) is 4.79 Å². The summed E-state index contributed by atoms with van der Waals surface area (Å²) < 4.78 is 15.8. The van der Waals surface area contributed by atoms with Crippen molar-refractivity contribution in [3.63, 3.8) is 0 Å². The number of aromatic nitrogens is 1. The van der Waals surface area contributed by atoms with Gasteiger partial charge in [-0.1, -0.05) is 0 Å². The van der Waals surface area contributed by atoms with Gasteiger partial charge >= 0.3 is 5.97 Å². The van der Waals surface area contributed by atoms with Crippen molar-refractivity contribution < 1.29 is 28.7 Å². The standard InChI is InChI=1S/C23H30N2O5/c1-13-20(23(27)30-6)14(2)24-21(13)22(26)15(3)25-11-7-8-18(25)17-10-9-16(28-4)12-19(17)29-5/h9-10,12,15,18,24H,7-8,11H2,1-6H3/p+1/t15-,18+/m0/s1. The lowest BCUT2D eigenvalue weighted by atomic mass is 9.99. The molecule has 2 heterocycles. The topological polar surface area (TPSA) is 82.1 Å². The molecule has 3 rings (SSSR count). The lowest BCUT2D eigenvalue weighted by Gasteiger charge is -2.28. The number of H-pyrrole nitrogens is 1. The van der Waals surface area contributed by atoms with Crippen molar-refractivity contribution in [2.45, 2.75) is 45.7 Å². The third kappa shape index (κ3) is 3.81. The van der Waals surface area contributed by atoms with Gasteiger partial charge in [-0.25, -0.2) is 4.79 Å². The van der Waals surface area contributed by atoms with Crippen molar-refractivity contribution in [1.82, 2.24) is 4.98 Å². The third-order valence-electron chi connectivity index (χ3n) is 6.24. The molecule has 3 atom stereocenters. The van der Waals surface area contributed by atoms with Crippen molar-refractivity contribution in [2.75, 3.05) is 27.9 Å². The second kappa shape index (κ2) is 8.92. The maximum absolute atomic E-state index is 13.4. The van der Waals surface area contributed by atoms with Crippen LogP contribution in [0.4, 0.5) is 0 Å². The zero-order valence-electron chi connectivity index (χ0n) is 18.5. The second-order valence-corrected chi connectivity index (χ2v) is 7.83. The average Bonchev–Trinajstić information content (AvgIpc) is 3.36. The van der Waals surface area contributed by atoms with Gasteiger partial charge in [-0.2, -0.15) is 0 Å². The first kappa shape index (κ1) is 21.9. The van der Waals surface area contributed by atoms with E-state index in [-0.39, 0.29) is 17.9 Å². The Balaban J connectivity index is 1.91. The van der Waals surface area contributed by atoms with E-state index in [0.29, 0.717) is 22.5 Å². The van der Waals surface area contributed by atoms with Crippen LogP contribution in [0.2, 0.25) is 0 Å². The van der Waals surface area contributed by atoms with Gasteiger partial charge in [0.05, 0.1) is 44.7 Å². The molecule has 1 aromatic carbocycles. The summed E-state index contributed by atoms with van der Waals surface area (Å²) in [7, 11) is 4.63. The third-order valence-corrected chi connectivity index (χ3v) is 6.24. The molecule has 1 fully saturated rings. The number of carbonyl (C=O) groups excluding carboxylic acids is 2. The maximum atomic E-state index is 13.4. The summed E-state index contributed by atoms with van der Waals surface area (Å²) in [5.41, 5.74) is 3.31. The number of ketones is 1. The van der Waals surface area contributed by atoms with E-state index >= 15 is 0 Å². The van der Waals surface area contributed by atoms with Gasteiger partial charge in [0.1, 0.15) is 17.5 Å². The lowest BCUT2D eigenvalue weighted by Crippen LogP contribution is -3.14. The molecule has 0 aliphatic carbocycles. The number of quaternary nitrogens is 1. The van der Waals surface area contributed by atoms with Crippen LogP contribution in [-0.4, -0.2) is 50.7 Å². The number of aromatic amines is 1. The molecule has 1 saturated heterocycles. The molecule has 2 N–H and O–H groups in total. The molecule has 0 saturated carbocycles. The van der Waals surface area contributed by atoms with E-state index in [2.05, 4.69) is 4.98 Å². The van der Waals surface area contributed by atoms with Gasteiger partial charge in [-0.15, -0.1) is 0 Å². The predicted molar refractivity (Wildman–Crippen MR) is 113 cm³/mol. The highest BCUT2D eigenvalue weighted by atomic mass is 16.5. The molecule has 7 nitrogen and oxygen atoms in total. The monoisotopic (exact) mass is 415 g/mol. The molecule has 30 heavy (non-hydrogen) atoms. The summed E-state index contributed by atoms with van der Waals surface area (Å²) in [6, 6.07) is 5.73. The molecular weight excluding hydrogens is 384 g/mol. The highest BCUT2D eigenvalue weighted by molar-refractivity contribution is 6.03. The average molecular weight is 416 g/mol. The van der Waals surface area contributed by atoms with Crippen LogP contribution in [0.25, 0.3) is 0 Å². The van der Waals surface area contributed by atoms with Crippen molar-refractivity contribution in [3.8, 4) is 11.5 Å². The van der Waals surface area contributed by atoms with E-state index < -0.39 is 5.97 Å². The van der Waals surface area contributed by atoms with E-state index in [1.807, 2.05) is 25.1 Å². The minimum Gasteiger partial charge on any atom is -0.497 e. The first-order valence-corrected chi connectivity index (χ1v) is 10.2. The number of nitrogens with one attached hydrogen (secondary N) is 2. The van der Waals surface area contributed by atoms with E-state index in [4.69, 9.17) is 14.2 Å². The quantitative estimate of drug-likeness (QED) is 0.536. The molecule has 1 unspecified atom stereocenters. The Labute approximate surface area is 177 Å². The Hall–Kier alpha value is -2.80. The van der Waals surface area contributed by atoms with Crippen LogP contribution in [-0.2, 0) is 4.74 Å². The van der Waals surface area contributed by atoms with Crippen molar-refractivity contribution in [2.24, 2.45) is 0 Å². The van der Waals surface area contributed by atoms with Gasteiger partial charge in [0, 0.05) is 24.6 Å². The number of benzene rings is 1. The predicted octanol–water partition coefficient (Wildman–Crippen LogP) is 2.43. The van der Waals surface area contributed by atoms with Crippen molar-refractivity contribution >= 4 is 11.8 Å². The van der Waals surface area contributed by atoms with Gasteiger partial charge in [-0.05, 0) is 38.5 Å². The van der Waals surface area contributed by atoms with Crippen LogP contribution >= 0.6 is 0 Å². The lowest BCUT2D eigenvalue weighted by molar-refractivity contribution is -0.931. The number of hydrogen-bond donors (Lipinski definition) is 2. The fraction of sp³-hybridized carbons (Fsp3) is 0.478. The fourth-order valence-corrected chi connectivity index (χ4v) is 4.64. The summed E-state index contributed by atoms with van der Waals surface area (Å²) in [5.74, 6) is 1.09. The molecule has 1 aromatic heterocycles. The van der Waals surface area contributed by atoms with Crippen LogP contribution in [0.5, 0.6) is 11.5 Å². The highest BCUT2D eigenvalue weighted by Gasteiger charge is 2.40. The maximum Gasteiger partial charge on any atom is 0.339 e. The molecule has 0 bridgehead atoms. The molecule has 0 spiro atoms. The summed E-state index contributed by atoms with van der Waals surface area (Å²) in [5, 5.41) is 0. The van der Waals surface area contributed by atoms with E-state index in [1.54, 1.807) is 28.1 Å². The molecule has 2 aromatic rings. The van der Waals surface area contributed by atoms with Gasteiger partial charge in [0.2, 0.25) is 5.78 Å². The largest absolute Gasteiger partial charge is 0.497 e. The van der Waals surface area contributed by atoms with Gasteiger partial charge < -0.3 is 24.1 Å². The highest BCUT2D eigenvalue weighted by Crippen LogP contribution is 2.32. The Kier molecular flexibility index (Phi) is 6.51. The van der Waals surface area contributed by atoms with E-state index in [0.717, 1.165) is 36.4 Å². The molecule has 1 aliphatic rings. The zero-order chi connectivity index (χ0) is 22.0. The minimum atomic E-state index is -0.428. The number of rotatable bonds is 7. The number of ether oxygens (including phenoxy) is 3. The van der Waals surface area contributed by atoms with Crippen molar-refractivity contribution in [3.05, 3.63) is 46.3 Å². The van der Waals surface area contributed by atoms with Crippen LogP contribution in [0.3, 0.4) is 0 Å². The SMILES string of the molecule is COC(=O)c1c(C)[nH]c(C(=O)[C@H](C)[NH+]2CCC[C@@H]2c2ccc(OC)cc2OC)c1C. The molecule has 7 heteroatoms. The van der Waals surface area contributed by atoms with Crippen molar-refractivity contribution in [1.29, 1.82) is 0 Å². The summed E-state index contributed by atoms with van der Waals surface area (Å²) in [6.07, 6.45) is 2.01. The number of carbonyl (C=O) groups is 2. The van der Waals surface area contributed by atoms with E-state index in [1.165, 1.54) is 12.0 Å². The van der Waals surface area contributed by atoms with Crippen LogP contribution in [0.15, 0.2) is 18.2 Å². The number of Topliss-reactive ketones (excluding diaryl/α,β-unsaturated/α-hetero) is 1. The Morgan fingerprint density at radius 3 is 2.53 bits per heavy atom. The minimum absolute atomic E-state index is 0.000122. The Bertz CT molecular complexity index is 949. The van der Waals surface area contributed by atoms with Crippen LogP contribution in [0.1, 0.15) is 63.5 Å². The number of esters is 1. The zero-order valence-corrected chi connectivity index (χ0v) is 18.5. The van der Waals surface area contributed by atoms with Crippen LogP contribution < -0.4 is 14.4 Å². The van der Waals surface area contributed by atoms with Gasteiger partial charge in [0.15, 0.2) is 6.04 Å². The molecule has 0 radical (unpaired) electrons. The number of aryl methyl sites for hydroxylation is 1. The molecular formula is C23H31N2O5+. The van der Waals surface area contributed by atoms with Gasteiger partial charge in [0.25, 0.3) is 0 Å². The smallest absolute Gasteiger partial charge is 0.339 e. The van der Waals surface area contributed by atoms with E-state index in [9.17, 15) is 9.59 Å². The first-order chi connectivity index (χ1) is 14.3. The number of hydrogen-bond acceptors (Lipinski definition) is 5. The Morgan fingerprint density at radius 2 is 1.90 bits per heavy atom. The summed E-state index contributed by atoms with van der Waals surface area (Å²) >= 11 is 0. The Morgan fingerprint density at radius 1 is 1.17 bits per heavy atom. The number of likely N-dealkylation sites (tertiary alicyclic amines) is 1. The van der Waals surface area contributed by atoms with Crippen LogP contribution in [0, 0.1) is 13.8 Å². The molecule has 1 aliphatic heterocycles. The summed E-state index contributed by atoms with van der Waals surface area (Å²) in [6.45, 7) is 6.43. The second-order valence-electron chi connectivity index (χ2n) is 7.83. The summed E-state index contributed by atoms with van der Waals surface area (Å²) in [4.78, 5) is 29.8. The molecule has 162 valence electrons. The fourth-order valence-electron chi connectivity index (χ4n) is 4.64. The normalized spacial score (nSPS) is 19.4. The number of methoxy groups -OCH3 is 3. The molecule has 0 amide bonds. The first-order valence-electron chi connectivity index (χ1n) is 10.2.